The normalized spacial score (nSPS) is 11.4. The van der Waals surface area contributed by atoms with Gasteiger partial charge in [0.25, 0.3) is 0 Å². The Hall–Kier alpha value is -1.16. The van der Waals surface area contributed by atoms with Gasteiger partial charge in [0.2, 0.25) is 0 Å². The standard InChI is InChI=1S/C9H11ClN4/c1-6(2)5-9-12-11-8-4-3-7(10)13-14(8)9/h3-4,6H,5H2,1-2H3. The zero-order valence-electron chi connectivity index (χ0n) is 8.11. The van der Waals surface area contributed by atoms with E-state index in [0.717, 1.165) is 17.9 Å². The summed E-state index contributed by atoms with van der Waals surface area (Å²) in [5.74, 6) is 1.39. The van der Waals surface area contributed by atoms with E-state index in [4.69, 9.17) is 11.6 Å². The molecule has 0 aromatic carbocycles. The summed E-state index contributed by atoms with van der Waals surface area (Å²) in [6.07, 6.45) is 0.856. The number of halogens is 1. The smallest absolute Gasteiger partial charge is 0.178 e. The molecule has 74 valence electrons. The maximum atomic E-state index is 5.80. The van der Waals surface area contributed by atoms with Crippen LogP contribution in [0.25, 0.3) is 5.65 Å². The average molecular weight is 211 g/mol. The predicted octanol–water partition coefficient (Wildman–Crippen LogP) is 1.98. The Labute approximate surface area is 86.9 Å². The highest BCUT2D eigenvalue weighted by Crippen LogP contribution is 2.10. The van der Waals surface area contributed by atoms with E-state index >= 15 is 0 Å². The molecule has 0 amide bonds. The molecule has 0 fully saturated rings. The first-order valence-corrected chi connectivity index (χ1v) is 4.91. The molecule has 0 unspecified atom stereocenters. The first-order valence-electron chi connectivity index (χ1n) is 4.53. The molecule has 0 saturated carbocycles. The highest BCUT2D eigenvalue weighted by molar-refractivity contribution is 6.29. The molecule has 0 saturated heterocycles. The molecular formula is C9H11ClN4. The van der Waals surface area contributed by atoms with Crippen LogP contribution in [-0.4, -0.2) is 19.8 Å². The topological polar surface area (TPSA) is 43.1 Å². The van der Waals surface area contributed by atoms with Crippen molar-refractivity contribution in [2.75, 3.05) is 0 Å². The molecule has 2 rings (SSSR count). The van der Waals surface area contributed by atoms with Crippen LogP contribution in [0.2, 0.25) is 5.15 Å². The van der Waals surface area contributed by atoms with Gasteiger partial charge in [0.15, 0.2) is 11.5 Å². The van der Waals surface area contributed by atoms with E-state index in [0.29, 0.717) is 11.1 Å². The third-order valence-electron chi connectivity index (χ3n) is 1.89. The molecule has 2 aromatic rings. The zero-order valence-corrected chi connectivity index (χ0v) is 8.86. The fourth-order valence-electron chi connectivity index (χ4n) is 1.30. The van der Waals surface area contributed by atoms with Crippen molar-refractivity contribution < 1.29 is 0 Å². The summed E-state index contributed by atoms with van der Waals surface area (Å²) in [7, 11) is 0. The van der Waals surface area contributed by atoms with E-state index in [9.17, 15) is 0 Å². The molecule has 0 aliphatic carbocycles. The molecule has 2 aromatic heterocycles. The Morgan fingerprint density at radius 2 is 2.14 bits per heavy atom. The lowest BCUT2D eigenvalue weighted by atomic mass is 10.1. The summed E-state index contributed by atoms with van der Waals surface area (Å²) < 4.78 is 1.70. The lowest BCUT2D eigenvalue weighted by Gasteiger charge is -2.01. The molecule has 0 N–H and O–H groups in total. The van der Waals surface area contributed by atoms with Gasteiger partial charge in [0.05, 0.1) is 0 Å². The van der Waals surface area contributed by atoms with Crippen LogP contribution in [-0.2, 0) is 6.42 Å². The Morgan fingerprint density at radius 3 is 2.86 bits per heavy atom. The summed E-state index contributed by atoms with van der Waals surface area (Å²) in [5, 5.41) is 12.7. The molecule has 5 heteroatoms. The summed E-state index contributed by atoms with van der Waals surface area (Å²) in [6.45, 7) is 4.26. The lowest BCUT2D eigenvalue weighted by Crippen LogP contribution is -2.03. The van der Waals surface area contributed by atoms with Gasteiger partial charge in [-0.15, -0.1) is 10.2 Å². The van der Waals surface area contributed by atoms with Gasteiger partial charge >= 0.3 is 0 Å². The van der Waals surface area contributed by atoms with Crippen molar-refractivity contribution >= 4 is 17.2 Å². The van der Waals surface area contributed by atoms with Crippen molar-refractivity contribution in [3.63, 3.8) is 0 Å². The fourth-order valence-corrected chi connectivity index (χ4v) is 1.44. The third kappa shape index (κ3) is 1.70. The highest BCUT2D eigenvalue weighted by Gasteiger charge is 2.08. The quantitative estimate of drug-likeness (QED) is 0.761. The summed E-state index contributed by atoms with van der Waals surface area (Å²) in [6, 6.07) is 3.52. The second-order valence-corrected chi connectivity index (χ2v) is 4.03. The zero-order chi connectivity index (χ0) is 10.1. The molecular weight excluding hydrogens is 200 g/mol. The van der Waals surface area contributed by atoms with Crippen LogP contribution in [0.5, 0.6) is 0 Å². The third-order valence-corrected chi connectivity index (χ3v) is 2.09. The molecule has 0 radical (unpaired) electrons. The maximum Gasteiger partial charge on any atom is 0.178 e. The fraction of sp³-hybridized carbons (Fsp3) is 0.444. The van der Waals surface area contributed by atoms with E-state index in [-0.39, 0.29) is 0 Å². The SMILES string of the molecule is CC(C)Cc1nnc2ccc(Cl)nn12. The minimum Gasteiger partial charge on any atom is -0.196 e. The van der Waals surface area contributed by atoms with E-state index in [1.807, 2.05) is 6.07 Å². The van der Waals surface area contributed by atoms with Gasteiger partial charge < -0.3 is 0 Å². The van der Waals surface area contributed by atoms with Gasteiger partial charge in [-0.1, -0.05) is 25.4 Å². The van der Waals surface area contributed by atoms with Crippen LogP contribution >= 0.6 is 11.6 Å². The number of hydrogen-bond acceptors (Lipinski definition) is 3. The Bertz CT molecular complexity index is 449. The Morgan fingerprint density at radius 1 is 1.36 bits per heavy atom. The van der Waals surface area contributed by atoms with Crippen molar-refractivity contribution in [1.82, 2.24) is 19.8 Å². The second kappa shape index (κ2) is 3.53. The van der Waals surface area contributed by atoms with Crippen molar-refractivity contribution in [3.8, 4) is 0 Å². The van der Waals surface area contributed by atoms with Gasteiger partial charge in [-0.25, -0.2) is 0 Å². The van der Waals surface area contributed by atoms with Crippen LogP contribution in [0, 0.1) is 5.92 Å². The predicted molar refractivity (Wildman–Crippen MR) is 54.3 cm³/mol. The van der Waals surface area contributed by atoms with Crippen molar-refractivity contribution in [2.45, 2.75) is 20.3 Å². The molecule has 0 spiro atoms. The molecule has 14 heavy (non-hydrogen) atoms. The van der Waals surface area contributed by atoms with E-state index in [1.54, 1.807) is 10.6 Å². The molecule has 0 atom stereocenters. The summed E-state index contributed by atoms with van der Waals surface area (Å²) >= 11 is 5.80. The molecule has 2 heterocycles. The van der Waals surface area contributed by atoms with Gasteiger partial charge in [0, 0.05) is 6.42 Å². The monoisotopic (exact) mass is 210 g/mol. The average Bonchev–Trinajstić information content (AvgIpc) is 2.47. The van der Waals surface area contributed by atoms with E-state index in [1.165, 1.54) is 0 Å². The maximum absolute atomic E-state index is 5.80. The molecule has 0 aliphatic rings. The number of fused-ring (bicyclic) bond motifs is 1. The van der Waals surface area contributed by atoms with Gasteiger partial charge in [-0.05, 0) is 18.1 Å². The van der Waals surface area contributed by atoms with Crippen LogP contribution in [0.15, 0.2) is 12.1 Å². The van der Waals surface area contributed by atoms with Gasteiger partial charge in [0.1, 0.15) is 5.15 Å². The van der Waals surface area contributed by atoms with Gasteiger partial charge in [-0.3, -0.25) is 0 Å². The van der Waals surface area contributed by atoms with Crippen LogP contribution < -0.4 is 0 Å². The minimum atomic E-state index is 0.460. The van der Waals surface area contributed by atoms with Gasteiger partial charge in [-0.2, -0.15) is 9.61 Å². The molecule has 0 bridgehead atoms. The number of hydrogen-bond donors (Lipinski definition) is 0. The number of aromatic nitrogens is 4. The van der Waals surface area contributed by atoms with Crippen molar-refractivity contribution in [1.29, 1.82) is 0 Å². The molecule has 4 nitrogen and oxygen atoms in total. The van der Waals surface area contributed by atoms with Crippen LogP contribution in [0.4, 0.5) is 0 Å². The summed E-state index contributed by atoms with van der Waals surface area (Å²) in [4.78, 5) is 0. The molecule has 0 aliphatic heterocycles. The summed E-state index contributed by atoms with van der Waals surface area (Å²) in [5.41, 5.74) is 0.741. The number of rotatable bonds is 2. The Balaban J connectivity index is 2.50. The lowest BCUT2D eigenvalue weighted by molar-refractivity contribution is 0.605. The number of nitrogens with zero attached hydrogens (tertiary/aromatic N) is 4. The highest BCUT2D eigenvalue weighted by atomic mass is 35.5. The van der Waals surface area contributed by atoms with E-state index < -0.39 is 0 Å². The van der Waals surface area contributed by atoms with Crippen molar-refractivity contribution in [2.24, 2.45) is 5.92 Å². The first-order chi connectivity index (χ1) is 6.66. The van der Waals surface area contributed by atoms with Crippen LogP contribution in [0.3, 0.4) is 0 Å². The minimum absolute atomic E-state index is 0.460. The van der Waals surface area contributed by atoms with Crippen molar-refractivity contribution in [3.05, 3.63) is 23.1 Å². The largest absolute Gasteiger partial charge is 0.196 e. The van der Waals surface area contributed by atoms with E-state index in [2.05, 4.69) is 29.1 Å². The second-order valence-electron chi connectivity index (χ2n) is 3.64. The van der Waals surface area contributed by atoms with Crippen LogP contribution in [0.1, 0.15) is 19.7 Å². The first kappa shape index (κ1) is 9.40. The Kier molecular flexibility index (Phi) is 2.37.